The van der Waals surface area contributed by atoms with E-state index < -0.39 is 28.5 Å². The van der Waals surface area contributed by atoms with E-state index in [0.29, 0.717) is 11.4 Å². The molecule has 1 atom stereocenters. The van der Waals surface area contributed by atoms with Gasteiger partial charge in [0.05, 0.1) is 17.2 Å². The van der Waals surface area contributed by atoms with Crippen molar-refractivity contribution in [1.29, 1.82) is 0 Å². The Balaban J connectivity index is 1.59. The second kappa shape index (κ2) is 9.55. The van der Waals surface area contributed by atoms with E-state index in [1.54, 1.807) is 13.8 Å². The van der Waals surface area contributed by atoms with Crippen molar-refractivity contribution in [1.82, 2.24) is 5.32 Å². The van der Waals surface area contributed by atoms with E-state index in [1.165, 1.54) is 19.9 Å². The number of rotatable bonds is 6. The minimum Gasteiger partial charge on any atom is -0.507 e. The summed E-state index contributed by atoms with van der Waals surface area (Å²) in [6.45, 7) is 10.1. The summed E-state index contributed by atoms with van der Waals surface area (Å²) in [6.07, 6.45) is 1.16. The van der Waals surface area contributed by atoms with Crippen LogP contribution in [-0.2, 0) is 21.5 Å². The molecular weight excluding hydrogens is 510 g/mol. The van der Waals surface area contributed by atoms with Gasteiger partial charge in [-0.1, -0.05) is 30.3 Å². The Morgan fingerprint density at radius 3 is 2.45 bits per heavy atom. The Morgan fingerprint density at radius 2 is 1.77 bits per heavy atom. The van der Waals surface area contributed by atoms with Gasteiger partial charge in [-0.05, 0) is 58.4 Å². The van der Waals surface area contributed by atoms with E-state index in [4.69, 9.17) is 9.47 Å². The molecule has 3 N–H and O–H groups in total. The van der Waals surface area contributed by atoms with Crippen molar-refractivity contribution in [2.45, 2.75) is 59.6 Å². The van der Waals surface area contributed by atoms with Gasteiger partial charge < -0.3 is 25.0 Å². The Hall–Kier alpha value is -4.59. The number of fused-ring (bicyclic) bond motifs is 4. The monoisotopic (exact) mass is 541 g/mol. The molecule has 8 nitrogen and oxygen atoms in total. The van der Waals surface area contributed by atoms with Crippen LogP contribution in [0, 0.1) is 6.92 Å². The quantitative estimate of drug-likeness (QED) is 0.218. The number of phenolic OH excluding ortho intramolecular Hbond substituents is 2. The fraction of sp³-hybridized carbons (Fsp3) is 0.281. The van der Waals surface area contributed by atoms with Gasteiger partial charge in [0.15, 0.2) is 17.3 Å². The molecule has 5 rings (SSSR count). The fourth-order valence-electron chi connectivity index (χ4n) is 5.53. The first-order chi connectivity index (χ1) is 18.9. The van der Waals surface area contributed by atoms with Crippen LogP contribution in [0.25, 0.3) is 10.8 Å². The molecule has 0 radical (unpaired) electrons. The molecule has 0 saturated heterocycles. The van der Waals surface area contributed by atoms with Crippen LogP contribution in [0.3, 0.4) is 0 Å². The number of benzene rings is 3. The lowest BCUT2D eigenvalue weighted by Gasteiger charge is -2.29. The predicted molar refractivity (Wildman–Crippen MR) is 150 cm³/mol. The molecule has 0 spiro atoms. The minimum atomic E-state index is -1.57. The molecule has 0 bridgehead atoms. The van der Waals surface area contributed by atoms with E-state index in [9.17, 15) is 24.6 Å². The molecular formula is C32H31NO7. The van der Waals surface area contributed by atoms with E-state index in [-0.39, 0.29) is 52.2 Å². The molecule has 1 heterocycles. The van der Waals surface area contributed by atoms with E-state index in [0.717, 1.165) is 16.3 Å². The molecule has 40 heavy (non-hydrogen) atoms. The number of nitrogens with one attached hydrogen (secondary N) is 1. The lowest BCUT2D eigenvalue weighted by molar-refractivity contribution is -0.123. The molecule has 0 saturated carbocycles. The topological polar surface area (TPSA) is 122 Å². The maximum absolute atomic E-state index is 14.1. The Kier molecular flexibility index (Phi) is 6.45. The molecule has 0 fully saturated rings. The van der Waals surface area contributed by atoms with Crippen molar-refractivity contribution in [2.24, 2.45) is 0 Å². The number of phenols is 2. The third kappa shape index (κ3) is 3.94. The lowest BCUT2D eigenvalue weighted by Crippen LogP contribution is -2.41. The third-order valence-electron chi connectivity index (χ3n) is 7.65. The predicted octanol–water partition coefficient (Wildman–Crippen LogP) is 5.30. The van der Waals surface area contributed by atoms with Crippen molar-refractivity contribution in [3.63, 3.8) is 0 Å². The van der Waals surface area contributed by atoms with Crippen LogP contribution in [0.1, 0.15) is 61.7 Å². The van der Waals surface area contributed by atoms with Gasteiger partial charge in [-0.25, -0.2) is 0 Å². The third-order valence-corrected chi connectivity index (χ3v) is 7.65. The van der Waals surface area contributed by atoms with E-state index in [2.05, 4.69) is 5.32 Å². The molecule has 3 aromatic carbocycles. The Bertz CT molecular complexity index is 1700. The molecule has 206 valence electrons. The zero-order chi connectivity index (χ0) is 29.1. The molecule has 2 aliphatic rings. The normalized spacial score (nSPS) is 19.2. The summed E-state index contributed by atoms with van der Waals surface area (Å²) in [4.78, 5) is 39.8. The van der Waals surface area contributed by atoms with Crippen LogP contribution in [0.5, 0.6) is 23.0 Å². The summed E-state index contributed by atoms with van der Waals surface area (Å²) in [5.41, 5.74) is -0.448. The van der Waals surface area contributed by atoms with Crippen LogP contribution < -0.4 is 14.8 Å². The standard InChI is InChI=1S/C32H31NO7/c1-15(2)39-23-12-11-19-9-7-8-10-20(19)21(23)14-33-17(4)25-22(35)13-24-32(6,31(25)38)27-29(37)16(3)28(36)26(18(5)34)30(27)40-24/h7-13,15,33,36-37H,14H2,1-6H3/b25-17+/t32-/m1/s1. The van der Waals surface area contributed by atoms with Gasteiger partial charge >= 0.3 is 0 Å². The van der Waals surface area contributed by atoms with Crippen molar-refractivity contribution in [2.75, 3.05) is 0 Å². The zero-order valence-corrected chi connectivity index (χ0v) is 23.3. The first-order valence-corrected chi connectivity index (χ1v) is 13.1. The number of aromatic hydroxyl groups is 2. The molecule has 1 aliphatic carbocycles. The zero-order valence-electron chi connectivity index (χ0n) is 23.3. The van der Waals surface area contributed by atoms with E-state index >= 15 is 0 Å². The van der Waals surface area contributed by atoms with Crippen molar-refractivity contribution in [3.8, 4) is 23.0 Å². The highest BCUT2D eigenvalue weighted by molar-refractivity contribution is 6.31. The smallest absolute Gasteiger partial charge is 0.194 e. The second-order valence-corrected chi connectivity index (χ2v) is 10.7. The van der Waals surface area contributed by atoms with Crippen molar-refractivity contribution >= 4 is 28.1 Å². The summed E-state index contributed by atoms with van der Waals surface area (Å²) < 4.78 is 11.9. The van der Waals surface area contributed by atoms with Crippen LogP contribution in [-0.4, -0.2) is 33.7 Å². The largest absolute Gasteiger partial charge is 0.507 e. The number of Topliss-reactive ketones (excluding diaryl/α,β-unsaturated/α-hetero) is 2. The Morgan fingerprint density at radius 1 is 1.07 bits per heavy atom. The van der Waals surface area contributed by atoms with Crippen molar-refractivity contribution in [3.05, 3.63) is 81.8 Å². The highest BCUT2D eigenvalue weighted by atomic mass is 16.5. The number of hydrogen-bond donors (Lipinski definition) is 3. The number of ketones is 3. The molecule has 0 aromatic heterocycles. The number of hydrogen-bond acceptors (Lipinski definition) is 8. The van der Waals surface area contributed by atoms with Gasteiger partial charge in [0.2, 0.25) is 0 Å². The van der Waals surface area contributed by atoms with Crippen molar-refractivity contribution < 1.29 is 34.1 Å². The van der Waals surface area contributed by atoms with Gasteiger partial charge in [0, 0.05) is 29.4 Å². The Labute approximate surface area is 231 Å². The summed E-state index contributed by atoms with van der Waals surface area (Å²) in [6, 6.07) is 11.8. The van der Waals surface area contributed by atoms with Gasteiger partial charge in [-0.15, -0.1) is 0 Å². The average molecular weight is 542 g/mol. The van der Waals surface area contributed by atoms with Crippen LogP contribution in [0.4, 0.5) is 0 Å². The second-order valence-electron chi connectivity index (χ2n) is 10.7. The molecule has 8 heteroatoms. The van der Waals surface area contributed by atoms with Gasteiger partial charge in [0.1, 0.15) is 39.7 Å². The fourth-order valence-corrected chi connectivity index (χ4v) is 5.53. The first-order valence-electron chi connectivity index (χ1n) is 13.1. The number of carbonyl (C=O) groups excluding carboxylic acids is 3. The summed E-state index contributed by atoms with van der Waals surface area (Å²) in [5, 5.41) is 26.8. The molecule has 1 aliphatic heterocycles. The summed E-state index contributed by atoms with van der Waals surface area (Å²) in [5.74, 6) is -1.83. The van der Waals surface area contributed by atoms with Gasteiger partial charge in [-0.2, -0.15) is 0 Å². The summed E-state index contributed by atoms with van der Waals surface area (Å²) >= 11 is 0. The summed E-state index contributed by atoms with van der Waals surface area (Å²) in [7, 11) is 0. The molecule has 0 amide bonds. The maximum atomic E-state index is 14.1. The highest BCUT2D eigenvalue weighted by Crippen LogP contribution is 2.57. The number of carbonyl (C=O) groups is 3. The average Bonchev–Trinajstić information content (AvgIpc) is 3.19. The van der Waals surface area contributed by atoms with Crippen LogP contribution in [0.2, 0.25) is 0 Å². The SMILES string of the molecule is CC(=O)c1c(O)c(C)c(O)c2c1OC1=CC(=O)/C(=C(/C)NCc3c(OC(C)C)ccc4ccccc34)C(=O)[C@]12C. The van der Waals surface area contributed by atoms with Crippen LogP contribution in [0.15, 0.2) is 59.5 Å². The first kappa shape index (κ1) is 27.0. The number of allylic oxidation sites excluding steroid dienone is 4. The molecule has 0 unspecified atom stereocenters. The highest BCUT2D eigenvalue weighted by Gasteiger charge is 2.56. The van der Waals surface area contributed by atoms with E-state index in [1.807, 2.05) is 50.2 Å². The molecule has 3 aromatic rings. The minimum absolute atomic E-state index is 0.00137. The van der Waals surface area contributed by atoms with Gasteiger partial charge in [-0.3, -0.25) is 14.4 Å². The maximum Gasteiger partial charge on any atom is 0.194 e. The number of ether oxygens (including phenoxy) is 2. The van der Waals surface area contributed by atoms with Gasteiger partial charge in [0.25, 0.3) is 0 Å². The lowest BCUT2D eigenvalue weighted by atomic mass is 9.70. The van der Waals surface area contributed by atoms with Crippen LogP contribution >= 0.6 is 0 Å².